The fourth-order valence-electron chi connectivity index (χ4n) is 4.60. The number of piperidine rings is 1. The lowest BCUT2D eigenvalue weighted by Crippen LogP contribution is -2.65. The number of urea groups is 1. The van der Waals surface area contributed by atoms with Gasteiger partial charge in [0.25, 0.3) is 0 Å². The Morgan fingerprint density at radius 1 is 1.35 bits per heavy atom. The zero-order chi connectivity index (χ0) is 14.2. The molecule has 0 radical (unpaired) electrons. The third-order valence-electron chi connectivity index (χ3n) is 5.71. The fourth-order valence-corrected chi connectivity index (χ4v) is 4.60. The number of fused-ring (bicyclic) bond motifs is 1. The number of likely N-dealkylation sites (tertiary alicyclic amines) is 1. The van der Waals surface area contributed by atoms with Crippen molar-refractivity contribution in [3.8, 4) is 0 Å². The van der Waals surface area contributed by atoms with E-state index in [9.17, 15) is 4.79 Å². The van der Waals surface area contributed by atoms with Crippen molar-refractivity contribution in [2.24, 2.45) is 17.8 Å². The SMILES string of the molecule is CC(C)CNC(=O)N1CCC2CCC21C1CCCNC1. The van der Waals surface area contributed by atoms with E-state index >= 15 is 0 Å². The maximum atomic E-state index is 12.6. The topological polar surface area (TPSA) is 44.4 Å². The molecule has 3 fully saturated rings. The molecule has 0 aromatic heterocycles. The molecule has 0 aromatic carbocycles. The molecule has 3 unspecified atom stereocenters. The Balaban J connectivity index is 1.71. The molecule has 1 aliphatic carbocycles. The highest BCUT2D eigenvalue weighted by atomic mass is 16.2. The maximum absolute atomic E-state index is 12.6. The van der Waals surface area contributed by atoms with Crippen molar-refractivity contribution in [1.29, 1.82) is 0 Å². The van der Waals surface area contributed by atoms with Gasteiger partial charge in [0.05, 0.1) is 5.54 Å². The summed E-state index contributed by atoms with van der Waals surface area (Å²) in [7, 11) is 0. The number of hydrogen-bond donors (Lipinski definition) is 2. The van der Waals surface area contributed by atoms with Gasteiger partial charge in [-0.25, -0.2) is 4.79 Å². The van der Waals surface area contributed by atoms with Crippen LogP contribution < -0.4 is 10.6 Å². The third kappa shape index (κ3) is 2.22. The van der Waals surface area contributed by atoms with E-state index in [1.807, 2.05) is 0 Å². The summed E-state index contributed by atoms with van der Waals surface area (Å²) in [5.74, 6) is 1.95. The van der Waals surface area contributed by atoms with Gasteiger partial charge in [-0.3, -0.25) is 0 Å². The fraction of sp³-hybridized carbons (Fsp3) is 0.938. The molecule has 2 amide bonds. The van der Waals surface area contributed by atoms with Gasteiger partial charge in [0.15, 0.2) is 0 Å². The van der Waals surface area contributed by atoms with Gasteiger partial charge >= 0.3 is 6.03 Å². The van der Waals surface area contributed by atoms with E-state index in [1.54, 1.807) is 0 Å². The molecular weight excluding hydrogens is 250 g/mol. The Bertz CT molecular complexity index is 365. The Kier molecular flexibility index (Phi) is 3.93. The number of nitrogens with one attached hydrogen (secondary N) is 2. The standard InChI is InChI=1S/C16H29N3O/c1-12(2)10-18-15(20)19-9-6-13-5-7-16(13,19)14-4-3-8-17-11-14/h12-14,17H,3-11H2,1-2H3,(H,18,20). The first-order chi connectivity index (χ1) is 9.64. The minimum absolute atomic E-state index is 0.187. The zero-order valence-corrected chi connectivity index (χ0v) is 13.0. The number of amides is 2. The molecular formula is C16H29N3O. The van der Waals surface area contributed by atoms with E-state index in [4.69, 9.17) is 0 Å². The number of carbonyl (C=O) groups excluding carboxylic acids is 1. The largest absolute Gasteiger partial charge is 0.338 e. The van der Waals surface area contributed by atoms with Gasteiger partial charge in [-0.1, -0.05) is 13.8 Å². The summed E-state index contributed by atoms with van der Waals surface area (Å²) in [6.07, 6.45) is 6.31. The van der Waals surface area contributed by atoms with Crippen LogP contribution in [0.3, 0.4) is 0 Å². The van der Waals surface area contributed by atoms with Gasteiger partial charge in [0.2, 0.25) is 0 Å². The van der Waals surface area contributed by atoms with Crippen LogP contribution in [0, 0.1) is 17.8 Å². The van der Waals surface area contributed by atoms with E-state index < -0.39 is 0 Å². The quantitative estimate of drug-likeness (QED) is 0.832. The smallest absolute Gasteiger partial charge is 0.317 e. The van der Waals surface area contributed by atoms with E-state index in [1.165, 1.54) is 32.1 Å². The first kappa shape index (κ1) is 14.2. The highest BCUT2D eigenvalue weighted by Gasteiger charge is 2.60. The Labute approximate surface area is 122 Å². The van der Waals surface area contributed by atoms with Crippen molar-refractivity contribution in [2.75, 3.05) is 26.2 Å². The molecule has 2 aliphatic heterocycles. The molecule has 3 aliphatic rings. The summed E-state index contributed by atoms with van der Waals surface area (Å²) < 4.78 is 0. The van der Waals surface area contributed by atoms with Crippen LogP contribution in [0.15, 0.2) is 0 Å². The minimum atomic E-state index is 0.187. The number of carbonyl (C=O) groups is 1. The normalized spacial score (nSPS) is 36.6. The summed E-state index contributed by atoms with van der Waals surface area (Å²) in [4.78, 5) is 14.8. The van der Waals surface area contributed by atoms with Crippen molar-refractivity contribution in [3.63, 3.8) is 0 Å². The van der Waals surface area contributed by atoms with Crippen molar-refractivity contribution in [3.05, 3.63) is 0 Å². The molecule has 4 nitrogen and oxygen atoms in total. The van der Waals surface area contributed by atoms with Crippen LogP contribution in [0.4, 0.5) is 4.79 Å². The van der Waals surface area contributed by atoms with E-state index in [-0.39, 0.29) is 11.6 Å². The average molecular weight is 279 g/mol. The highest BCUT2D eigenvalue weighted by molar-refractivity contribution is 5.76. The predicted octanol–water partition coefficient (Wildman–Crippen LogP) is 2.21. The lowest BCUT2D eigenvalue weighted by molar-refractivity contribution is -0.0205. The lowest BCUT2D eigenvalue weighted by atomic mass is 9.59. The molecule has 3 atom stereocenters. The molecule has 0 spiro atoms. The second-order valence-electron chi connectivity index (χ2n) is 7.29. The molecule has 20 heavy (non-hydrogen) atoms. The monoisotopic (exact) mass is 279 g/mol. The Hall–Kier alpha value is -0.770. The molecule has 2 N–H and O–H groups in total. The van der Waals surface area contributed by atoms with Crippen molar-refractivity contribution < 1.29 is 4.79 Å². The third-order valence-corrected chi connectivity index (χ3v) is 5.71. The molecule has 3 rings (SSSR count). The minimum Gasteiger partial charge on any atom is -0.338 e. The van der Waals surface area contributed by atoms with Gasteiger partial charge in [0.1, 0.15) is 0 Å². The zero-order valence-electron chi connectivity index (χ0n) is 13.0. The van der Waals surface area contributed by atoms with Crippen LogP contribution in [0.2, 0.25) is 0 Å². The van der Waals surface area contributed by atoms with Crippen LogP contribution in [0.1, 0.15) is 46.0 Å². The van der Waals surface area contributed by atoms with Crippen LogP contribution >= 0.6 is 0 Å². The maximum Gasteiger partial charge on any atom is 0.317 e. The summed E-state index contributed by atoms with van der Waals surface area (Å²) in [5.41, 5.74) is 0.189. The highest BCUT2D eigenvalue weighted by Crippen LogP contribution is 2.55. The molecule has 0 aromatic rings. The summed E-state index contributed by atoms with van der Waals surface area (Å²) in [6, 6.07) is 0.187. The summed E-state index contributed by atoms with van der Waals surface area (Å²) in [6.45, 7) is 8.31. The molecule has 2 saturated heterocycles. The Morgan fingerprint density at radius 3 is 2.80 bits per heavy atom. The first-order valence-electron chi connectivity index (χ1n) is 8.41. The van der Waals surface area contributed by atoms with Crippen molar-refractivity contribution >= 4 is 6.03 Å². The van der Waals surface area contributed by atoms with E-state index in [0.717, 1.165) is 32.1 Å². The molecule has 114 valence electrons. The van der Waals surface area contributed by atoms with Crippen LogP contribution in [-0.4, -0.2) is 42.6 Å². The molecule has 1 saturated carbocycles. The van der Waals surface area contributed by atoms with Crippen LogP contribution in [0.25, 0.3) is 0 Å². The number of nitrogens with zero attached hydrogens (tertiary/aromatic N) is 1. The van der Waals surface area contributed by atoms with Crippen molar-refractivity contribution in [1.82, 2.24) is 15.5 Å². The Morgan fingerprint density at radius 2 is 2.20 bits per heavy atom. The molecule has 2 heterocycles. The molecule has 4 heteroatoms. The average Bonchev–Trinajstić information content (AvgIpc) is 2.69. The number of rotatable bonds is 3. The van der Waals surface area contributed by atoms with Gasteiger partial charge in [0, 0.05) is 19.6 Å². The second kappa shape index (κ2) is 5.55. The van der Waals surface area contributed by atoms with Crippen molar-refractivity contribution in [2.45, 2.75) is 51.5 Å². The second-order valence-corrected chi connectivity index (χ2v) is 7.29. The number of hydrogen-bond acceptors (Lipinski definition) is 2. The van der Waals surface area contributed by atoms with Gasteiger partial charge in [-0.15, -0.1) is 0 Å². The summed E-state index contributed by atoms with van der Waals surface area (Å²) >= 11 is 0. The van der Waals surface area contributed by atoms with Gasteiger partial charge in [-0.2, -0.15) is 0 Å². The first-order valence-corrected chi connectivity index (χ1v) is 8.41. The van der Waals surface area contributed by atoms with Gasteiger partial charge in [-0.05, 0) is 56.4 Å². The molecule has 0 bridgehead atoms. The summed E-state index contributed by atoms with van der Waals surface area (Å²) in [5, 5.41) is 6.68. The van der Waals surface area contributed by atoms with Crippen LogP contribution in [-0.2, 0) is 0 Å². The van der Waals surface area contributed by atoms with Crippen LogP contribution in [0.5, 0.6) is 0 Å². The lowest BCUT2D eigenvalue weighted by Gasteiger charge is -2.55. The van der Waals surface area contributed by atoms with E-state index in [2.05, 4.69) is 29.4 Å². The predicted molar refractivity (Wildman–Crippen MR) is 80.6 cm³/mol. The van der Waals surface area contributed by atoms with Gasteiger partial charge < -0.3 is 15.5 Å². The van der Waals surface area contributed by atoms with E-state index in [0.29, 0.717) is 11.8 Å².